The average Bonchev–Trinajstić information content (AvgIpc) is 2.26. The molecule has 0 fully saturated rings. The van der Waals surface area contributed by atoms with Gasteiger partial charge >= 0.3 is 0 Å². The van der Waals surface area contributed by atoms with Gasteiger partial charge in [-0.15, -0.1) is 0 Å². The van der Waals surface area contributed by atoms with Crippen molar-refractivity contribution in [3.05, 3.63) is 28.2 Å². The van der Waals surface area contributed by atoms with E-state index >= 15 is 0 Å². The highest BCUT2D eigenvalue weighted by Crippen LogP contribution is 2.22. The van der Waals surface area contributed by atoms with Gasteiger partial charge in [-0.2, -0.15) is 0 Å². The first kappa shape index (κ1) is 16.7. The molecular formula is C14H22BrNO2S. The fourth-order valence-electron chi connectivity index (χ4n) is 1.72. The minimum atomic E-state index is -3.41. The van der Waals surface area contributed by atoms with Crippen molar-refractivity contribution >= 4 is 26.0 Å². The Morgan fingerprint density at radius 3 is 2.42 bits per heavy atom. The van der Waals surface area contributed by atoms with Crippen molar-refractivity contribution in [2.24, 2.45) is 5.41 Å². The molecular weight excluding hydrogens is 326 g/mol. The highest BCUT2D eigenvalue weighted by atomic mass is 79.9. The first-order valence-electron chi connectivity index (χ1n) is 6.44. The Labute approximate surface area is 125 Å². The van der Waals surface area contributed by atoms with Crippen molar-refractivity contribution in [3.63, 3.8) is 0 Å². The van der Waals surface area contributed by atoms with Crippen LogP contribution in [-0.2, 0) is 16.4 Å². The van der Waals surface area contributed by atoms with Crippen LogP contribution in [0.3, 0.4) is 0 Å². The van der Waals surface area contributed by atoms with Crippen LogP contribution >= 0.6 is 15.9 Å². The lowest BCUT2D eigenvalue weighted by molar-refractivity contribution is 0.378. The molecule has 0 atom stereocenters. The summed E-state index contributed by atoms with van der Waals surface area (Å²) in [6.07, 6.45) is 1.50. The molecule has 3 nitrogen and oxygen atoms in total. The molecule has 0 heterocycles. The van der Waals surface area contributed by atoms with E-state index in [2.05, 4.69) is 41.4 Å². The quantitative estimate of drug-likeness (QED) is 0.881. The van der Waals surface area contributed by atoms with Gasteiger partial charge in [-0.05, 0) is 42.0 Å². The summed E-state index contributed by atoms with van der Waals surface area (Å²) in [5.74, 6) is 0. The van der Waals surface area contributed by atoms with E-state index in [9.17, 15) is 8.42 Å². The van der Waals surface area contributed by atoms with E-state index in [1.807, 2.05) is 13.0 Å². The summed E-state index contributed by atoms with van der Waals surface area (Å²) in [4.78, 5) is 0.382. The van der Waals surface area contributed by atoms with E-state index in [1.165, 1.54) is 0 Å². The molecule has 19 heavy (non-hydrogen) atoms. The van der Waals surface area contributed by atoms with Crippen LogP contribution in [0.1, 0.15) is 39.7 Å². The van der Waals surface area contributed by atoms with Crippen molar-refractivity contribution < 1.29 is 8.42 Å². The van der Waals surface area contributed by atoms with Gasteiger partial charge in [-0.3, -0.25) is 0 Å². The van der Waals surface area contributed by atoms with E-state index in [-0.39, 0.29) is 5.41 Å². The Balaban J connectivity index is 2.89. The highest BCUT2D eigenvalue weighted by molar-refractivity contribution is 9.10. The van der Waals surface area contributed by atoms with Gasteiger partial charge in [0.05, 0.1) is 4.90 Å². The summed E-state index contributed by atoms with van der Waals surface area (Å²) >= 11 is 3.37. The van der Waals surface area contributed by atoms with Crippen LogP contribution in [0.15, 0.2) is 27.6 Å². The molecule has 1 aromatic carbocycles. The van der Waals surface area contributed by atoms with Crippen molar-refractivity contribution in [3.8, 4) is 0 Å². The standard InChI is InChI=1S/C14H22BrNO2S/c1-5-11-10-12(15)6-7-13(11)19(17,18)16-9-8-14(2,3)4/h6-7,10,16H,5,8-9H2,1-4H3. The SMILES string of the molecule is CCc1cc(Br)ccc1S(=O)(=O)NCCC(C)(C)C. The maximum atomic E-state index is 12.3. The molecule has 0 aliphatic heterocycles. The lowest BCUT2D eigenvalue weighted by Crippen LogP contribution is -2.28. The highest BCUT2D eigenvalue weighted by Gasteiger charge is 2.19. The van der Waals surface area contributed by atoms with E-state index in [0.29, 0.717) is 17.9 Å². The van der Waals surface area contributed by atoms with Crippen LogP contribution in [-0.4, -0.2) is 15.0 Å². The molecule has 5 heteroatoms. The smallest absolute Gasteiger partial charge is 0.211 e. The van der Waals surface area contributed by atoms with Crippen LogP contribution < -0.4 is 4.72 Å². The monoisotopic (exact) mass is 347 g/mol. The predicted octanol–water partition coefficient (Wildman–Crippen LogP) is 3.73. The summed E-state index contributed by atoms with van der Waals surface area (Å²) in [5.41, 5.74) is 0.952. The average molecular weight is 348 g/mol. The van der Waals surface area contributed by atoms with E-state index < -0.39 is 10.0 Å². The summed E-state index contributed by atoms with van der Waals surface area (Å²) < 4.78 is 28.1. The second-order valence-electron chi connectivity index (χ2n) is 5.81. The van der Waals surface area contributed by atoms with Crippen molar-refractivity contribution in [1.82, 2.24) is 4.72 Å². The number of nitrogens with one attached hydrogen (secondary N) is 1. The maximum absolute atomic E-state index is 12.3. The number of rotatable bonds is 5. The summed E-state index contributed by atoms with van der Waals surface area (Å²) in [7, 11) is -3.41. The molecule has 0 radical (unpaired) electrons. The first-order chi connectivity index (χ1) is 8.65. The number of aryl methyl sites for hydroxylation is 1. The summed E-state index contributed by atoms with van der Waals surface area (Å²) in [6, 6.07) is 5.28. The van der Waals surface area contributed by atoms with Crippen molar-refractivity contribution in [2.75, 3.05) is 6.54 Å². The fraction of sp³-hybridized carbons (Fsp3) is 0.571. The van der Waals surface area contributed by atoms with E-state index in [0.717, 1.165) is 16.5 Å². The number of sulfonamides is 1. The molecule has 1 N–H and O–H groups in total. The zero-order valence-electron chi connectivity index (χ0n) is 12.0. The first-order valence-corrected chi connectivity index (χ1v) is 8.71. The second kappa shape index (κ2) is 6.37. The molecule has 0 saturated carbocycles. The van der Waals surface area contributed by atoms with Crippen LogP contribution in [0, 0.1) is 5.41 Å². The largest absolute Gasteiger partial charge is 0.240 e. The number of hydrogen-bond donors (Lipinski definition) is 1. The van der Waals surface area contributed by atoms with Crippen molar-refractivity contribution in [1.29, 1.82) is 0 Å². The minimum absolute atomic E-state index is 0.121. The van der Waals surface area contributed by atoms with Gasteiger partial charge in [-0.1, -0.05) is 43.6 Å². The topological polar surface area (TPSA) is 46.2 Å². The number of hydrogen-bond acceptors (Lipinski definition) is 2. The Kier molecular flexibility index (Phi) is 5.59. The summed E-state index contributed by atoms with van der Waals surface area (Å²) in [5, 5.41) is 0. The zero-order valence-corrected chi connectivity index (χ0v) is 14.4. The van der Waals surface area contributed by atoms with Crippen LogP contribution in [0.2, 0.25) is 0 Å². The van der Waals surface area contributed by atoms with Gasteiger partial charge in [0.15, 0.2) is 0 Å². The normalized spacial score (nSPS) is 12.7. The molecule has 0 unspecified atom stereocenters. The third kappa shape index (κ3) is 5.24. The number of halogens is 1. The van der Waals surface area contributed by atoms with E-state index in [4.69, 9.17) is 0 Å². The summed E-state index contributed by atoms with van der Waals surface area (Å²) in [6.45, 7) is 8.70. The van der Waals surface area contributed by atoms with Gasteiger partial charge < -0.3 is 0 Å². The fourth-order valence-corrected chi connectivity index (χ4v) is 3.46. The maximum Gasteiger partial charge on any atom is 0.240 e. The van der Waals surface area contributed by atoms with Gasteiger partial charge in [0.1, 0.15) is 0 Å². The Hall–Kier alpha value is -0.390. The lowest BCUT2D eigenvalue weighted by Gasteiger charge is -2.18. The van der Waals surface area contributed by atoms with Crippen molar-refractivity contribution in [2.45, 2.75) is 45.4 Å². The second-order valence-corrected chi connectivity index (χ2v) is 8.47. The van der Waals surface area contributed by atoms with Gasteiger partial charge in [0, 0.05) is 11.0 Å². The Morgan fingerprint density at radius 2 is 1.89 bits per heavy atom. The molecule has 1 rings (SSSR count). The molecule has 0 saturated heterocycles. The zero-order chi connectivity index (χ0) is 14.7. The number of benzene rings is 1. The van der Waals surface area contributed by atoms with Gasteiger partial charge in [0.2, 0.25) is 10.0 Å². The third-order valence-electron chi connectivity index (χ3n) is 2.86. The third-order valence-corrected chi connectivity index (χ3v) is 4.91. The molecule has 108 valence electrons. The molecule has 1 aromatic rings. The van der Waals surface area contributed by atoms with Crippen LogP contribution in [0.25, 0.3) is 0 Å². The Morgan fingerprint density at radius 1 is 1.26 bits per heavy atom. The predicted molar refractivity (Wildman–Crippen MR) is 82.8 cm³/mol. The minimum Gasteiger partial charge on any atom is -0.211 e. The molecule has 0 spiro atoms. The molecule has 0 bridgehead atoms. The molecule has 0 aromatic heterocycles. The molecule has 0 amide bonds. The van der Waals surface area contributed by atoms with E-state index in [1.54, 1.807) is 12.1 Å². The molecule has 0 aliphatic rings. The molecule has 0 aliphatic carbocycles. The Bertz CT molecular complexity index is 533. The van der Waals surface area contributed by atoms with Gasteiger partial charge in [-0.25, -0.2) is 13.1 Å². The van der Waals surface area contributed by atoms with Crippen LogP contribution in [0.5, 0.6) is 0 Å². The van der Waals surface area contributed by atoms with Gasteiger partial charge in [0.25, 0.3) is 0 Å². The lowest BCUT2D eigenvalue weighted by atomic mass is 9.93. The van der Waals surface area contributed by atoms with Crippen LogP contribution in [0.4, 0.5) is 0 Å².